The van der Waals surface area contributed by atoms with Gasteiger partial charge in [0.1, 0.15) is 5.92 Å². The second-order valence-electron chi connectivity index (χ2n) is 5.26. The minimum absolute atomic E-state index is 0.0817. The van der Waals surface area contributed by atoms with Gasteiger partial charge in [-0.2, -0.15) is 0 Å². The molecule has 0 aliphatic carbocycles. The fraction of sp³-hybridized carbons (Fsp3) is 0.846. The van der Waals surface area contributed by atoms with Gasteiger partial charge in [-0.1, -0.05) is 6.92 Å². The van der Waals surface area contributed by atoms with E-state index in [1.165, 1.54) is 0 Å². The molecule has 1 heterocycles. The highest BCUT2D eigenvalue weighted by Gasteiger charge is 2.43. The van der Waals surface area contributed by atoms with Crippen LogP contribution in [0.1, 0.15) is 27.2 Å². The Morgan fingerprint density at radius 3 is 2.47 bits per heavy atom. The first-order chi connectivity index (χ1) is 8.91. The molecule has 110 valence electrons. The quantitative estimate of drug-likeness (QED) is 0.726. The molecule has 0 spiro atoms. The highest BCUT2D eigenvalue weighted by Crippen LogP contribution is 2.28. The number of amides is 1. The summed E-state index contributed by atoms with van der Waals surface area (Å²) in [7, 11) is 0. The molecule has 0 aromatic heterocycles. The average Bonchev–Trinajstić information content (AvgIpc) is 2.88. The maximum Gasteiger partial charge on any atom is 0.311 e. The van der Waals surface area contributed by atoms with Crippen LogP contribution in [-0.2, 0) is 14.3 Å². The molecule has 1 fully saturated rings. The first-order valence-corrected chi connectivity index (χ1v) is 6.73. The molecule has 0 radical (unpaired) electrons. The minimum Gasteiger partial charge on any atom is -0.481 e. The second kappa shape index (κ2) is 6.34. The number of likely N-dealkylation sites (N-methyl/N-ethyl adjacent to an activating group) is 1. The zero-order chi connectivity index (χ0) is 14.6. The van der Waals surface area contributed by atoms with Gasteiger partial charge in [0, 0.05) is 13.1 Å². The number of aliphatic carboxylic acids is 1. The van der Waals surface area contributed by atoms with E-state index in [9.17, 15) is 14.7 Å². The Hall–Kier alpha value is -1.14. The monoisotopic (exact) mass is 272 g/mol. The smallest absolute Gasteiger partial charge is 0.311 e. The predicted molar refractivity (Wildman–Crippen MR) is 70.6 cm³/mol. The van der Waals surface area contributed by atoms with Crippen LogP contribution in [0.5, 0.6) is 0 Å². The molecule has 1 amide bonds. The fourth-order valence-corrected chi connectivity index (χ4v) is 2.34. The van der Waals surface area contributed by atoms with Crippen LogP contribution in [0.2, 0.25) is 0 Å². The van der Waals surface area contributed by atoms with Crippen molar-refractivity contribution in [2.45, 2.75) is 33.2 Å². The zero-order valence-electron chi connectivity index (χ0n) is 11.9. The third kappa shape index (κ3) is 3.06. The van der Waals surface area contributed by atoms with Crippen LogP contribution in [0.25, 0.3) is 0 Å². The van der Waals surface area contributed by atoms with Crippen molar-refractivity contribution in [1.29, 1.82) is 0 Å². The SMILES string of the molecule is CCN(C(=O)C(C)(CC)CN)C1COCC1C(=O)O. The van der Waals surface area contributed by atoms with Gasteiger partial charge in [-0.05, 0) is 20.3 Å². The van der Waals surface area contributed by atoms with Gasteiger partial charge in [0.2, 0.25) is 5.91 Å². The molecule has 0 bridgehead atoms. The summed E-state index contributed by atoms with van der Waals surface area (Å²) in [4.78, 5) is 25.4. The maximum absolute atomic E-state index is 12.6. The molecule has 1 aliphatic rings. The van der Waals surface area contributed by atoms with Gasteiger partial charge in [-0.25, -0.2) is 0 Å². The molecule has 0 aromatic rings. The first kappa shape index (κ1) is 15.9. The Kier molecular flexibility index (Phi) is 5.31. The van der Waals surface area contributed by atoms with E-state index in [2.05, 4.69) is 0 Å². The van der Waals surface area contributed by atoms with Crippen molar-refractivity contribution in [2.24, 2.45) is 17.1 Å². The molecule has 1 saturated heterocycles. The summed E-state index contributed by atoms with van der Waals surface area (Å²) < 4.78 is 5.24. The number of nitrogens with two attached hydrogens (primary N) is 1. The van der Waals surface area contributed by atoms with Gasteiger partial charge < -0.3 is 20.5 Å². The van der Waals surface area contributed by atoms with Gasteiger partial charge in [-0.3, -0.25) is 9.59 Å². The van der Waals surface area contributed by atoms with Crippen molar-refractivity contribution in [2.75, 3.05) is 26.3 Å². The summed E-state index contributed by atoms with van der Waals surface area (Å²) in [5, 5.41) is 9.18. The topological polar surface area (TPSA) is 92.9 Å². The fourth-order valence-electron chi connectivity index (χ4n) is 2.34. The Morgan fingerprint density at radius 1 is 1.42 bits per heavy atom. The van der Waals surface area contributed by atoms with Gasteiger partial charge in [-0.15, -0.1) is 0 Å². The number of carbonyl (C=O) groups excluding carboxylic acids is 1. The van der Waals surface area contributed by atoms with Crippen molar-refractivity contribution in [3.05, 3.63) is 0 Å². The lowest BCUT2D eigenvalue weighted by molar-refractivity contribution is -0.148. The Labute approximate surface area is 113 Å². The van der Waals surface area contributed by atoms with Crippen LogP contribution >= 0.6 is 0 Å². The van der Waals surface area contributed by atoms with Crippen LogP contribution in [0, 0.1) is 11.3 Å². The van der Waals surface area contributed by atoms with Gasteiger partial charge in [0.25, 0.3) is 0 Å². The average molecular weight is 272 g/mol. The number of carbonyl (C=O) groups is 2. The number of nitrogens with zero attached hydrogens (tertiary/aromatic N) is 1. The molecular weight excluding hydrogens is 248 g/mol. The van der Waals surface area contributed by atoms with Gasteiger partial charge in [0.15, 0.2) is 0 Å². The zero-order valence-corrected chi connectivity index (χ0v) is 11.9. The largest absolute Gasteiger partial charge is 0.481 e. The third-order valence-electron chi connectivity index (χ3n) is 4.12. The summed E-state index contributed by atoms with van der Waals surface area (Å²) >= 11 is 0. The predicted octanol–water partition coefficient (Wildman–Crippen LogP) is 0.310. The lowest BCUT2D eigenvalue weighted by Gasteiger charge is -2.36. The molecule has 1 aliphatic heterocycles. The van der Waals surface area contributed by atoms with Gasteiger partial charge >= 0.3 is 5.97 Å². The molecule has 1 rings (SSSR count). The number of hydrogen-bond donors (Lipinski definition) is 2. The molecule has 0 saturated carbocycles. The molecule has 0 aromatic carbocycles. The van der Waals surface area contributed by atoms with E-state index in [1.54, 1.807) is 4.90 Å². The van der Waals surface area contributed by atoms with Crippen molar-refractivity contribution in [3.63, 3.8) is 0 Å². The Bertz CT molecular complexity index is 342. The summed E-state index contributed by atoms with van der Waals surface area (Å²) in [6.45, 7) is 6.75. The Morgan fingerprint density at radius 2 is 2.05 bits per heavy atom. The molecule has 19 heavy (non-hydrogen) atoms. The van der Waals surface area contributed by atoms with Crippen LogP contribution in [-0.4, -0.2) is 54.2 Å². The van der Waals surface area contributed by atoms with E-state index < -0.39 is 23.3 Å². The van der Waals surface area contributed by atoms with Crippen molar-refractivity contribution in [1.82, 2.24) is 4.90 Å². The summed E-state index contributed by atoms with van der Waals surface area (Å²) in [5.41, 5.74) is 5.07. The normalized spacial score (nSPS) is 25.9. The summed E-state index contributed by atoms with van der Waals surface area (Å²) in [5.74, 6) is -1.65. The number of hydrogen-bond acceptors (Lipinski definition) is 4. The summed E-state index contributed by atoms with van der Waals surface area (Å²) in [6.07, 6.45) is 0.629. The van der Waals surface area contributed by atoms with Crippen molar-refractivity contribution in [3.8, 4) is 0 Å². The van der Waals surface area contributed by atoms with Crippen LogP contribution < -0.4 is 5.73 Å². The summed E-state index contributed by atoms with van der Waals surface area (Å²) in [6, 6.07) is -0.396. The number of rotatable bonds is 6. The first-order valence-electron chi connectivity index (χ1n) is 6.73. The minimum atomic E-state index is -0.917. The number of ether oxygens (including phenoxy) is 1. The highest BCUT2D eigenvalue weighted by molar-refractivity contribution is 5.84. The van der Waals surface area contributed by atoms with Crippen LogP contribution in [0.15, 0.2) is 0 Å². The van der Waals surface area contributed by atoms with E-state index in [1.807, 2.05) is 20.8 Å². The molecule has 6 heteroatoms. The highest BCUT2D eigenvalue weighted by atomic mass is 16.5. The third-order valence-corrected chi connectivity index (χ3v) is 4.12. The van der Waals surface area contributed by atoms with Crippen molar-refractivity contribution < 1.29 is 19.4 Å². The molecule has 3 N–H and O–H groups in total. The van der Waals surface area contributed by atoms with E-state index in [0.29, 0.717) is 13.0 Å². The van der Waals surface area contributed by atoms with E-state index in [0.717, 1.165) is 0 Å². The lowest BCUT2D eigenvalue weighted by Crippen LogP contribution is -2.53. The lowest BCUT2D eigenvalue weighted by atomic mass is 9.85. The van der Waals surface area contributed by atoms with Crippen molar-refractivity contribution >= 4 is 11.9 Å². The van der Waals surface area contributed by atoms with E-state index in [4.69, 9.17) is 10.5 Å². The molecular formula is C13H24N2O4. The van der Waals surface area contributed by atoms with Gasteiger partial charge in [0.05, 0.1) is 24.7 Å². The molecule has 6 nitrogen and oxygen atoms in total. The van der Waals surface area contributed by atoms with E-state index >= 15 is 0 Å². The Balaban J connectivity index is 2.94. The number of carboxylic acids is 1. The van der Waals surface area contributed by atoms with E-state index in [-0.39, 0.29) is 25.7 Å². The maximum atomic E-state index is 12.6. The standard InChI is InChI=1S/C13H24N2O4/c1-4-13(3,8-14)12(18)15(5-2)10-7-19-6-9(10)11(16)17/h9-10H,4-8,14H2,1-3H3,(H,16,17). The van der Waals surface area contributed by atoms with Crippen LogP contribution in [0.4, 0.5) is 0 Å². The number of carboxylic acid groups (broad SMARTS) is 1. The second-order valence-corrected chi connectivity index (χ2v) is 5.26. The molecule has 3 atom stereocenters. The molecule has 3 unspecified atom stereocenters. The van der Waals surface area contributed by atoms with Crippen LogP contribution in [0.3, 0.4) is 0 Å².